The van der Waals surface area contributed by atoms with E-state index in [1.807, 2.05) is 20.8 Å². The van der Waals surface area contributed by atoms with Crippen molar-refractivity contribution in [3.63, 3.8) is 0 Å². The topological polar surface area (TPSA) is 176 Å². The highest BCUT2D eigenvalue weighted by molar-refractivity contribution is 5.94. The number of furan rings is 4. The first-order chi connectivity index (χ1) is 27.0. The summed E-state index contributed by atoms with van der Waals surface area (Å²) < 4.78 is 61.5. The molecule has 302 valence electrons. The van der Waals surface area contributed by atoms with Crippen molar-refractivity contribution in [1.29, 1.82) is 0 Å². The Hall–Kier alpha value is -5.34. The molecule has 0 saturated heterocycles. The zero-order valence-electron chi connectivity index (χ0n) is 32.7. The molecule has 0 radical (unpaired) electrons. The largest absolute Gasteiger partial charge is 0.466 e. The van der Waals surface area contributed by atoms with Crippen LogP contribution in [0.1, 0.15) is 134 Å². The lowest BCUT2D eigenvalue weighted by molar-refractivity contribution is -0.261. The van der Waals surface area contributed by atoms with Gasteiger partial charge in [-0.2, -0.15) is 0 Å². The highest BCUT2D eigenvalue weighted by Gasteiger charge is 2.72. The first-order valence-electron chi connectivity index (χ1n) is 18.8. The molecule has 1 fully saturated rings. The third-order valence-corrected chi connectivity index (χ3v) is 9.26. The number of hydrogen-bond donors (Lipinski definition) is 0. The van der Waals surface area contributed by atoms with Gasteiger partial charge < -0.3 is 46.1 Å². The van der Waals surface area contributed by atoms with Crippen LogP contribution < -0.4 is 0 Å². The van der Waals surface area contributed by atoms with Gasteiger partial charge in [0.1, 0.15) is 35.2 Å². The smallest absolute Gasteiger partial charge is 0.342 e. The van der Waals surface area contributed by atoms with Gasteiger partial charge in [-0.05, 0) is 82.2 Å². The molecule has 0 N–H and O–H groups in total. The molecule has 1 aliphatic rings. The molecule has 14 heteroatoms. The van der Waals surface area contributed by atoms with E-state index >= 15 is 0 Å². The van der Waals surface area contributed by atoms with E-state index in [0.29, 0.717) is 12.8 Å². The molecule has 4 heterocycles. The van der Waals surface area contributed by atoms with Crippen LogP contribution in [0.4, 0.5) is 0 Å². The average Bonchev–Trinajstić information content (AvgIpc) is 4.02. The number of carbonyl (C=O) groups is 4. The molecule has 56 heavy (non-hydrogen) atoms. The molecule has 0 aromatic carbocycles. The molecule has 0 amide bonds. The van der Waals surface area contributed by atoms with Crippen molar-refractivity contribution in [3.05, 3.63) is 107 Å². The lowest BCUT2D eigenvalue weighted by Gasteiger charge is -2.48. The number of ether oxygens (including phenoxy) is 6. The summed E-state index contributed by atoms with van der Waals surface area (Å²) in [5.41, 5.74) is -6.21. The zero-order valence-corrected chi connectivity index (χ0v) is 32.7. The minimum Gasteiger partial charge on any atom is -0.466 e. The minimum atomic E-state index is -2.62. The first kappa shape index (κ1) is 41.8. The van der Waals surface area contributed by atoms with Gasteiger partial charge in [-0.3, -0.25) is 4.79 Å². The Kier molecular flexibility index (Phi) is 13.8. The van der Waals surface area contributed by atoms with Crippen LogP contribution in [-0.4, -0.2) is 56.9 Å². The summed E-state index contributed by atoms with van der Waals surface area (Å²) in [5, 5.41) is 0. The van der Waals surface area contributed by atoms with Crippen LogP contribution in [0.25, 0.3) is 0 Å². The standard InChI is InChI=1S/C42H50O14/c1-7-10-21-52-37(44)29-18-23-50-34(29)42(55-27-43,36(47-8-2)32-17-14-22-48-32)41(54-9-3,33-30(19-24-49-33)38(45)53-26-40(4,5)6)35-31(20-25-51-35)39(46)56-28-15-12-11-13-16-28/h7,10,14,17-20,22-25,27-28,36H,8-9,11-13,15-16,21,26H2,1-6H3/b10-7+. The van der Waals surface area contributed by atoms with Crippen molar-refractivity contribution in [2.75, 3.05) is 26.4 Å². The lowest BCUT2D eigenvalue weighted by atomic mass is 9.69. The highest BCUT2D eigenvalue weighted by atomic mass is 16.6. The molecule has 4 aromatic heterocycles. The van der Waals surface area contributed by atoms with Gasteiger partial charge >= 0.3 is 17.9 Å². The summed E-state index contributed by atoms with van der Waals surface area (Å²) >= 11 is 0. The Labute approximate surface area is 325 Å². The summed E-state index contributed by atoms with van der Waals surface area (Å²) in [4.78, 5) is 55.7. The number of hydrogen-bond acceptors (Lipinski definition) is 14. The second kappa shape index (κ2) is 18.5. The van der Waals surface area contributed by atoms with Crippen LogP contribution in [0.3, 0.4) is 0 Å². The van der Waals surface area contributed by atoms with Gasteiger partial charge in [0.15, 0.2) is 23.4 Å². The number of allylic oxidation sites excluding steroid dienone is 1. The number of rotatable bonds is 19. The van der Waals surface area contributed by atoms with Gasteiger partial charge in [-0.25, -0.2) is 14.4 Å². The lowest BCUT2D eigenvalue weighted by Crippen LogP contribution is -2.58. The van der Waals surface area contributed by atoms with Crippen LogP contribution in [0, 0.1) is 5.41 Å². The van der Waals surface area contributed by atoms with E-state index in [1.54, 1.807) is 45.1 Å². The molecule has 1 aliphatic carbocycles. The predicted molar refractivity (Wildman–Crippen MR) is 198 cm³/mol. The van der Waals surface area contributed by atoms with Crippen LogP contribution in [0.5, 0.6) is 0 Å². The normalized spacial score (nSPS) is 16.5. The molecule has 0 aliphatic heterocycles. The van der Waals surface area contributed by atoms with Crippen LogP contribution >= 0.6 is 0 Å². The Bertz CT molecular complexity index is 1910. The van der Waals surface area contributed by atoms with Crippen molar-refractivity contribution < 1.29 is 65.3 Å². The Balaban J connectivity index is 1.93. The fourth-order valence-corrected chi connectivity index (χ4v) is 6.94. The Morgan fingerprint density at radius 2 is 1.39 bits per heavy atom. The predicted octanol–water partition coefficient (Wildman–Crippen LogP) is 8.61. The maximum atomic E-state index is 14.3. The third-order valence-electron chi connectivity index (χ3n) is 9.26. The molecule has 0 spiro atoms. The van der Waals surface area contributed by atoms with Crippen molar-refractivity contribution in [2.45, 2.75) is 97.1 Å². The summed E-state index contributed by atoms with van der Waals surface area (Å²) in [6.45, 7) is 10.5. The van der Waals surface area contributed by atoms with E-state index in [1.165, 1.54) is 43.3 Å². The average molecular weight is 779 g/mol. The molecule has 5 rings (SSSR count). The van der Waals surface area contributed by atoms with E-state index in [9.17, 15) is 19.2 Å². The van der Waals surface area contributed by atoms with Crippen molar-refractivity contribution in [1.82, 2.24) is 0 Å². The second-order valence-electron chi connectivity index (χ2n) is 14.4. The SMILES string of the molecule is C/C=C/COC(=O)c1ccoc1C(OC=O)(C(OCC)c1ccco1)C(OCC)(c1occc1C(=O)OCC(C)(C)C)c1occc1C(=O)OC1CCCCC1. The van der Waals surface area contributed by atoms with Crippen molar-refractivity contribution >= 4 is 24.4 Å². The van der Waals surface area contributed by atoms with Crippen molar-refractivity contribution in [2.24, 2.45) is 5.41 Å². The molecule has 1 saturated carbocycles. The molecule has 4 aromatic rings. The molecule has 0 bridgehead atoms. The molecular formula is C42H50O14. The van der Waals surface area contributed by atoms with Gasteiger partial charge in [0, 0.05) is 13.2 Å². The first-order valence-corrected chi connectivity index (χ1v) is 18.8. The minimum absolute atomic E-state index is 0.00211. The zero-order chi connectivity index (χ0) is 40.3. The fraction of sp³-hybridized carbons (Fsp3) is 0.476. The van der Waals surface area contributed by atoms with Gasteiger partial charge in [0.25, 0.3) is 6.47 Å². The molecule has 14 nitrogen and oxygen atoms in total. The highest BCUT2D eigenvalue weighted by Crippen LogP contribution is 2.60. The van der Waals surface area contributed by atoms with E-state index in [2.05, 4.69) is 0 Å². The summed E-state index contributed by atoms with van der Waals surface area (Å²) in [5.74, 6) is -3.51. The van der Waals surface area contributed by atoms with Gasteiger partial charge in [-0.15, -0.1) is 0 Å². The Morgan fingerprint density at radius 1 is 0.786 bits per heavy atom. The van der Waals surface area contributed by atoms with Gasteiger partial charge in [0.05, 0.1) is 31.7 Å². The summed E-state index contributed by atoms with van der Waals surface area (Å²) in [6.07, 6.45) is 10.4. The molecular weight excluding hydrogens is 728 g/mol. The van der Waals surface area contributed by atoms with E-state index in [4.69, 9.17) is 46.1 Å². The molecule has 3 unspecified atom stereocenters. The van der Waals surface area contributed by atoms with E-state index in [-0.39, 0.29) is 78.7 Å². The second-order valence-corrected chi connectivity index (χ2v) is 14.4. The maximum Gasteiger partial charge on any atom is 0.342 e. The number of carbonyl (C=O) groups excluding carboxylic acids is 4. The van der Waals surface area contributed by atoms with Crippen LogP contribution in [-0.2, 0) is 44.4 Å². The fourth-order valence-electron chi connectivity index (χ4n) is 6.94. The summed E-state index contributed by atoms with van der Waals surface area (Å²) in [7, 11) is 0. The quantitative estimate of drug-likeness (QED) is 0.0383. The molecule has 3 atom stereocenters. The monoisotopic (exact) mass is 778 g/mol. The van der Waals surface area contributed by atoms with Crippen LogP contribution in [0.15, 0.2) is 85.2 Å². The number of esters is 3. The van der Waals surface area contributed by atoms with Gasteiger partial charge in [0.2, 0.25) is 11.2 Å². The Morgan fingerprint density at radius 3 is 1.95 bits per heavy atom. The maximum absolute atomic E-state index is 14.3. The summed E-state index contributed by atoms with van der Waals surface area (Å²) in [6, 6.07) is 7.16. The van der Waals surface area contributed by atoms with E-state index in [0.717, 1.165) is 19.3 Å². The van der Waals surface area contributed by atoms with Crippen LogP contribution in [0.2, 0.25) is 0 Å². The third kappa shape index (κ3) is 8.41. The van der Waals surface area contributed by atoms with Crippen molar-refractivity contribution in [3.8, 4) is 0 Å². The van der Waals surface area contributed by atoms with E-state index < -0.39 is 40.6 Å². The van der Waals surface area contributed by atoms with Gasteiger partial charge in [-0.1, -0.05) is 39.3 Å².